The summed E-state index contributed by atoms with van der Waals surface area (Å²) >= 11 is 3.61. The fraction of sp³-hybridized carbons (Fsp3) is 0.0545. The summed E-state index contributed by atoms with van der Waals surface area (Å²) in [4.78, 5) is 2.40. The van der Waals surface area contributed by atoms with Crippen LogP contribution in [0, 0.1) is 0 Å². The number of fused-ring (bicyclic) bond motifs is 16. The third kappa shape index (κ3) is 12.7. The minimum absolute atomic E-state index is 0.0806. The van der Waals surface area contributed by atoms with Crippen molar-refractivity contribution in [3.8, 4) is 78.1 Å². The first-order valence-electron chi connectivity index (χ1n) is 39.7. The highest BCUT2D eigenvalue weighted by atomic mass is 79.9. The smallest absolute Gasteiger partial charge is 0.0619 e. The van der Waals surface area contributed by atoms with E-state index in [4.69, 9.17) is 0 Å². The molecule has 0 saturated carbocycles. The highest BCUT2D eigenvalue weighted by Crippen LogP contribution is 2.53. The van der Waals surface area contributed by atoms with Gasteiger partial charge in [0.05, 0.1) is 22.1 Å². The maximum atomic E-state index is 3.61. The molecule has 0 saturated heterocycles. The molecule has 2 aromatic heterocycles. The third-order valence-corrected chi connectivity index (χ3v) is 24.3. The normalized spacial score (nSPS) is 12.7. The summed E-state index contributed by atoms with van der Waals surface area (Å²) < 4.78 is 5.96. The number of benzene rings is 18. The monoisotopic (exact) mass is 1540 g/mol. The highest BCUT2D eigenvalue weighted by Gasteiger charge is 2.37. The molecule has 0 atom stereocenters. The Balaban J connectivity index is 0.000000125. The van der Waals surface area contributed by atoms with E-state index in [1.54, 1.807) is 0 Å². The predicted octanol–water partition coefficient (Wildman–Crippen LogP) is 30.8. The summed E-state index contributed by atoms with van der Waals surface area (Å²) in [5, 5.41) is 13.6. The molecule has 20 aromatic rings. The SMILES string of the molecule is Brc1cccc(-c2cccc(-c3ccc4c5ccc6ccccc6c5n(-c5ccccc5)c4c3)c2)c1.CC1(C)c2ccccc2-c2cc(Nc3ccccc3)ccc21.CC1(C)c2ccccc2-c2ccc(N(c3ccccc3)c3cccc(-c4cccc(-c5ccc6c7ccc8ccccc8c7n(-c7ccccc7)c6c5)c4)c3)cc21. The Bertz CT molecular complexity index is 7130. The van der Waals surface area contributed by atoms with E-state index in [1.165, 1.54) is 160 Å². The molecule has 548 valence electrons. The standard InChI is InChI=1S/C55H40N2.C34H22BrN.C21H19N/c1-55(2)51-26-12-11-25-47(51)48-32-29-45(36-52(48)55)56(42-19-5-3-6-20-42)44-23-14-18-40(34-44)38-16-13-17-39(33-38)41-28-30-49-50-31-27-37-15-9-10-24-46(37)54(50)57(53(49)35-41)43-21-7-4-8-22-43;35-28-12-7-11-26(21-28)24-9-6-10-25(20-24)27-17-18-31-32-19-16-23-8-4-5-15-30(23)34(32)36(33(31)22-27)29-13-2-1-3-14-29;1-21(2)19-11-7-6-10-17(19)18-14-16(12-13-20(18)21)22-15-8-4-3-5-9-15/h3-36H,1-2H3;1-22H;3-14,22H,1-2H3. The number of hydrogen-bond acceptors (Lipinski definition) is 2. The first-order chi connectivity index (χ1) is 56.4. The van der Waals surface area contributed by atoms with E-state index in [-0.39, 0.29) is 10.8 Å². The third-order valence-electron chi connectivity index (χ3n) is 23.8. The van der Waals surface area contributed by atoms with Crippen LogP contribution in [0.25, 0.3) is 143 Å². The van der Waals surface area contributed by atoms with Crippen LogP contribution in [0.2, 0.25) is 0 Å². The fourth-order valence-electron chi connectivity index (χ4n) is 18.2. The Labute approximate surface area is 679 Å². The minimum Gasteiger partial charge on any atom is -0.356 e. The van der Waals surface area contributed by atoms with Crippen molar-refractivity contribution < 1.29 is 0 Å². The van der Waals surface area contributed by atoms with E-state index >= 15 is 0 Å². The number of halogens is 1. The average Bonchev–Trinajstić information content (AvgIpc) is 1.62. The van der Waals surface area contributed by atoms with E-state index in [9.17, 15) is 0 Å². The van der Waals surface area contributed by atoms with Gasteiger partial charge in [-0.25, -0.2) is 0 Å². The van der Waals surface area contributed by atoms with Gasteiger partial charge in [-0.3, -0.25) is 0 Å². The second-order valence-electron chi connectivity index (χ2n) is 31.4. The van der Waals surface area contributed by atoms with Gasteiger partial charge in [-0.1, -0.05) is 335 Å². The lowest BCUT2D eigenvalue weighted by atomic mass is 9.82. The average molecular weight is 1540 g/mol. The molecule has 2 aliphatic carbocycles. The van der Waals surface area contributed by atoms with Gasteiger partial charge in [0.2, 0.25) is 0 Å². The van der Waals surface area contributed by atoms with E-state index in [1.807, 2.05) is 18.2 Å². The van der Waals surface area contributed by atoms with Crippen molar-refractivity contribution in [2.75, 3.05) is 10.2 Å². The second-order valence-corrected chi connectivity index (χ2v) is 32.3. The van der Waals surface area contributed by atoms with E-state index in [0.717, 1.165) is 38.6 Å². The van der Waals surface area contributed by atoms with Crippen LogP contribution >= 0.6 is 15.9 Å². The fourth-order valence-corrected chi connectivity index (χ4v) is 18.6. The van der Waals surface area contributed by atoms with E-state index in [2.05, 4.69) is 457 Å². The van der Waals surface area contributed by atoms with Crippen molar-refractivity contribution >= 4 is 110 Å². The molecule has 1 N–H and O–H groups in total. The van der Waals surface area contributed by atoms with Crippen molar-refractivity contribution in [3.63, 3.8) is 0 Å². The van der Waals surface area contributed by atoms with Crippen molar-refractivity contribution in [2.24, 2.45) is 0 Å². The van der Waals surface area contributed by atoms with Crippen LogP contribution in [-0.4, -0.2) is 9.13 Å². The van der Waals surface area contributed by atoms with Crippen LogP contribution in [0.4, 0.5) is 28.4 Å². The zero-order valence-electron chi connectivity index (χ0n) is 64.5. The molecule has 2 heterocycles. The largest absolute Gasteiger partial charge is 0.356 e. The van der Waals surface area contributed by atoms with Gasteiger partial charge in [0.1, 0.15) is 0 Å². The van der Waals surface area contributed by atoms with Crippen LogP contribution in [0.3, 0.4) is 0 Å². The molecular formula is C110H81BrN4. The molecule has 0 radical (unpaired) electrons. The number of nitrogens with one attached hydrogen (secondary N) is 1. The Kier molecular flexibility index (Phi) is 17.7. The van der Waals surface area contributed by atoms with Crippen molar-refractivity contribution in [1.82, 2.24) is 9.13 Å². The van der Waals surface area contributed by atoms with Crippen LogP contribution in [0.5, 0.6) is 0 Å². The quantitative estimate of drug-likeness (QED) is 0.140. The summed E-state index contributed by atoms with van der Waals surface area (Å²) in [5.74, 6) is 0. The Hall–Kier alpha value is -13.8. The first-order valence-corrected chi connectivity index (χ1v) is 40.5. The molecule has 0 aliphatic heterocycles. The molecule has 0 fully saturated rings. The molecular weight excluding hydrogens is 1460 g/mol. The molecule has 115 heavy (non-hydrogen) atoms. The predicted molar refractivity (Wildman–Crippen MR) is 492 cm³/mol. The number of aromatic nitrogens is 2. The lowest BCUT2D eigenvalue weighted by Gasteiger charge is -2.28. The first kappa shape index (κ1) is 70.3. The molecule has 22 rings (SSSR count). The molecule has 18 aromatic carbocycles. The van der Waals surface area contributed by atoms with Gasteiger partial charge in [-0.2, -0.15) is 0 Å². The zero-order chi connectivity index (χ0) is 77.3. The van der Waals surface area contributed by atoms with Crippen LogP contribution in [0.1, 0.15) is 49.9 Å². The summed E-state index contributed by atoms with van der Waals surface area (Å²) in [6, 6.07) is 149. The molecule has 4 nitrogen and oxygen atoms in total. The van der Waals surface area contributed by atoms with E-state index < -0.39 is 0 Å². The van der Waals surface area contributed by atoms with Gasteiger partial charge in [0.25, 0.3) is 0 Å². The Morgan fingerprint density at radius 3 is 1.19 bits per heavy atom. The summed E-state index contributed by atoms with van der Waals surface area (Å²) in [6.07, 6.45) is 0. The lowest BCUT2D eigenvalue weighted by Crippen LogP contribution is -2.16. The second kappa shape index (κ2) is 29.0. The van der Waals surface area contributed by atoms with Gasteiger partial charge >= 0.3 is 0 Å². The molecule has 0 amide bonds. The topological polar surface area (TPSA) is 25.1 Å². The molecule has 0 spiro atoms. The molecule has 0 unspecified atom stereocenters. The highest BCUT2D eigenvalue weighted by molar-refractivity contribution is 9.10. The number of hydrogen-bond donors (Lipinski definition) is 1. The number of nitrogens with zero attached hydrogens (tertiary/aromatic N) is 3. The maximum Gasteiger partial charge on any atom is 0.0619 e. The number of para-hydroxylation sites is 4. The van der Waals surface area contributed by atoms with Gasteiger partial charge in [-0.15, -0.1) is 0 Å². The van der Waals surface area contributed by atoms with Gasteiger partial charge in [-0.05, 0) is 221 Å². The summed E-state index contributed by atoms with van der Waals surface area (Å²) in [6.45, 7) is 9.32. The van der Waals surface area contributed by atoms with Gasteiger partial charge < -0.3 is 19.4 Å². The maximum absolute atomic E-state index is 3.61. The van der Waals surface area contributed by atoms with Crippen molar-refractivity contribution in [2.45, 2.75) is 38.5 Å². The lowest BCUT2D eigenvalue weighted by molar-refractivity contribution is 0.660. The molecule has 2 aliphatic rings. The zero-order valence-corrected chi connectivity index (χ0v) is 66.1. The van der Waals surface area contributed by atoms with Crippen LogP contribution in [-0.2, 0) is 10.8 Å². The number of anilines is 5. The van der Waals surface area contributed by atoms with Gasteiger partial charge in [0.15, 0.2) is 0 Å². The molecule has 5 heteroatoms. The van der Waals surface area contributed by atoms with E-state index in [0.29, 0.717) is 0 Å². The Morgan fingerprint density at radius 1 is 0.243 bits per heavy atom. The van der Waals surface area contributed by atoms with Crippen molar-refractivity contribution in [3.05, 3.63) is 439 Å². The van der Waals surface area contributed by atoms with Crippen molar-refractivity contribution in [1.29, 1.82) is 0 Å². The summed E-state index contributed by atoms with van der Waals surface area (Å²) in [7, 11) is 0. The van der Waals surface area contributed by atoms with Crippen LogP contribution in [0.15, 0.2) is 417 Å². The summed E-state index contributed by atoms with van der Waals surface area (Å²) in [5.41, 5.74) is 33.5. The minimum atomic E-state index is -0.0845. The Morgan fingerprint density at radius 2 is 0.643 bits per heavy atom. The molecule has 0 bridgehead atoms. The number of rotatable bonds is 11. The van der Waals surface area contributed by atoms with Gasteiger partial charge in [0, 0.05) is 87.4 Å². The van der Waals surface area contributed by atoms with Crippen LogP contribution < -0.4 is 10.2 Å².